The molecule has 0 saturated heterocycles. The molecule has 0 atom stereocenters. The summed E-state index contributed by atoms with van der Waals surface area (Å²) in [7, 11) is 2.17. The predicted octanol–water partition coefficient (Wildman–Crippen LogP) is 3.29. The van der Waals surface area contributed by atoms with Crippen LogP contribution >= 0.6 is 0 Å². The summed E-state index contributed by atoms with van der Waals surface area (Å²) in [5.41, 5.74) is 7.27. The van der Waals surface area contributed by atoms with Gasteiger partial charge in [0.05, 0.1) is 6.54 Å². The zero-order valence-corrected chi connectivity index (χ0v) is 12.9. The zero-order valence-electron chi connectivity index (χ0n) is 12.9. The monoisotopic (exact) mass is 288 g/mol. The van der Waals surface area contributed by atoms with Gasteiger partial charge in [-0.2, -0.15) is 0 Å². The molecule has 1 aliphatic rings. The van der Waals surface area contributed by atoms with E-state index in [0.717, 1.165) is 17.7 Å². The minimum atomic E-state index is -0.239. The molecule has 2 N–H and O–H groups in total. The third kappa shape index (κ3) is 4.84. The topological polar surface area (TPSA) is 29.3 Å². The van der Waals surface area contributed by atoms with E-state index in [9.17, 15) is 4.39 Å². The maximum Gasteiger partial charge on any atom is 0.124 e. The Balaban J connectivity index is 2.10. The molecule has 2 nitrogen and oxygen atoms in total. The van der Waals surface area contributed by atoms with Crippen molar-refractivity contribution >= 4 is 0 Å². The molecular weight excluding hydrogens is 263 g/mol. The number of nitrogens with two attached hydrogens (primary N) is 1. The van der Waals surface area contributed by atoms with Gasteiger partial charge in [0.25, 0.3) is 0 Å². The van der Waals surface area contributed by atoms with Crippen LogP contribution in [0.1, 0.15) is 49.7 Å². The number of hydrogen-bond donors (Lipinski definition) is 1. The third-order valence-corrected chi connectivity index (χ3v) is 4.26. The molecule has 1 aromatic carbocycles. The van der Waals surface area contributed by atoms with Crippen molar-refractivity contribution in [3.8, 4) is 11.8 Å². The summed E-state index contributed by atoms with van der Waals surface area (Å²) in [6, 6.07) is 5.51. The molecule has 0 aliphatic heterocycles. The smallest absolute Gasteiger partial charge is 0.124 e. The van der Waals surface area contributed by atoms with Crippen molar-refractivity contribution in [2.45, 2.75) is 51.1 Å². The van der Waals surface area contributed by atoms with Crippen LogP contribution in [0.4, 0.5) is 4.39 Å². The van der Waals surface area contributed by atoms with Crippen LogP contribution in [-0.4, -0.2) is 24.5 Å². The van der Waals surface area contributed by atoms with Crippen LogP contribution in [0.5, 0.6) is 0 Å². The van der Waals surface area contributed by atoms with E-state index in [1.54, 1.807) is 0 Å². The number of benzene rings is 1. The van der Waals surface area contributed by atoms with Gasteiger partial charge in [0.15, 0.2) is 0 Å². The van der Waals surface area contributed by atoms with Gasteiger partial charge in [0, 0.05) is 18.2 Å². The van der Waals surface area contributed by atoms with Gasteiger partial charge in [-0.1, -0.05) is 43.6 Å². The minimum absolute atomic E-state index is 0.239. The van der Waals surface area contributed by atoms with Crippen LogP contribution in [0.2, 0.25) is 0 Å². The molecule has 3 heteroatoms. The van der Waals surface area contributed by atoms with Gasteiger partial charge < -0.3 is 5.73 Å². The largest absolute Gasteiger partial charge is 0.320 e. The predicted molar refractivity (Wildman–Crippen MR) is 85.3 cm³/mol. The summed E-state index contributed by atoms with van der Waals surface area (Å²) in [6.07, 6.45) is 7.88. The van der Waals surface area contributed by atoms with Crippen LogP contribution < -0.4 is 5.73 Å². The van der Waals surface area contributed by atoms with Crippen molar-refractivity contribution < 1.29 is 4.39 Å². The summed E-state index contributed by atoms with van der Waals surface area (Å²) in [4.78, 5) is 2.40. The van der Waals surface area contributed by atoms with Crippen molar-refractivity contribution in [1.29, 1.82) is 0 Å². The van der Waals surface area contributed by atoms with E-state index in [1.165, 1.54) is 50.7 Å². The van der Waals surface area contributed by atoms with E-state index in [-0.39, 0.29) is 5.82 Å². The first-order valence-corrected chi connectivity index (χ1v) is 7.88. The minimum Gasteiger partial charge on any atom is -0.320 e. The second-order valence-corrected chi connectivity index (χ2v) is 5.87. The second kappa shape index (κ2) is 8.17. The Morgan fingerprint density at radius 2 is 1.95 bits per heavy atom. The molecule has 0 spiro atoms. The summed E-state index contributed by atoms with van der Waals surface area (Å²) in [5, 5.41) is 0. The fourth-order valence-electron chi connectivity index (χ4n) is 3.05. The summed E-state index contributed by atoms with van der Waals surface area (Å²) < 4.78 is 13.4. The summed E-state index contributed by atoms with van der Waals surface area (Å²) >= 11 is 0. The van der Waals surface area contributed by atoms with Crippen LogP contribution in [0.3, 0.4) is 0 Å². The number of nitrogens with zero attached hydrogens (tertiary/aromatic N) is 1. The highest BCUT2D eigenvalue weighted by Crippen LogP contribution is 2.23. The SMILES string of the molecule is CN(Cc1ccc(F)cc1C#CCN)C1CCCCCC1. The molecule has 1 aromatic rings. The van der Waals surface area contributed by atoms with Gasteiger partial charge in [0.2, 0.25) is 0 Å². The molecule has 0 amide bonds. The van der Waals surface area contributed by atoms with Crippen LogP contribution in [-0.2, 0) is 6.54 Å². The highest BCUT2D eigenvalue weighted by Gasteiger charge is 2.17. The molecule has 1 aliphatic carbocycles. The molecule has 114 valence electrons. The Morgan fingerprint density at radius 3 is 2.62 bits per heavy atom. The molecule has 1 fully saturated rings. The first-order valence-electron chi connectivity index (χ1n) is 7.88. The lowest BCUT2D eigenvalue weighted by molar-refractivity contribution is 0.213. The van der Waals surface area contributed by atoms with E-state index in [1.807, 2.05) is 6.07 Å². The average Bonchev–Trinajstić information content (AvgIpc) is 2.76. The van der Waals surface area contributed by atoms with Gasteiger partial charge in [-0.25, -0.2) is 4.39 Å². The maximum atomic E-state index is 13.4. The number of rotatable bonds is 3. The van der Waals surface area contributed by atoms with Gasteiger partial charge in [0.1, 0.15) is 5.82 Å². The van der Waals surface area contributed by atoms with E-state index < -0.39 is 0 Å². The Hall–Kier alpha value is -1.37. The Bertz CT molecular complexity index is 508. The van der Waals surface area contributed by atoms with Crippen molar-refractivity contribution in [3.63, 3.8) is 0 Å². The molecule has 2 rings (SSSR count). The van der Waals surface area contributed by atoms with E-state index in [4.69, 9.17) is 5.73 Å². The first kappa shape index (κ1) is 16.0. The molecule has 0 unspecified atom stereocenters. The summed E-state index contributed by atoms with van der Waals surface area (Å²) in [5.74, 6) is 5.58. The fourth-order valence-corrected chi connectivity index (χ4v) is 3.05. The van der Waals surface area contributed by atoms with Crippen molar-refractivity contribution in [2.75, 3.05) is 13.6 Å². The maximum absolute atomic E-state index is 13.4. The standard InChI is InChI=1S/C18H25FN2/c1-21(18-8-4-2-3-5-9-18)14-16-10-11-17(19)13-15(16)7-6-12-20/h10-11,13,18H,2-5,8-9,12,14,20H2,1H3. The van der Waals surface area contributed by atoms with Gasteiger partial charge in [-0.15, -0.1) is 0 Å². The number of halogens is 1. The molecule has 21 heavy (non-hydrogen) atoms. The highest BCUT2D eigenvalue weighted by molar-refractivity contribution is 5.41. The van der Waals surface area contributed by atoms with Crippen molar-refractivity contribution in [1.82, 2.24) is 4.90 Å². The lowest BCUT2D eigenvalue weighted by Gasteiger charge is -2.27. The first-order chi connectivity index (χ1) is 10.2. The lowest BCUT2D eigenvalue weighted by atomic mass is 10.0. The van der Waals surface area contributed by atoms with Crippen molar-refractivity contribution in [2.24, 2.45) is 5.73 Å². The van der Waals surface area contributed by atoms with Crippen LogP contribution in [0, 0.1) is 17.7 Å². The molecular formula is C18H25FN2. The van der Waals surface area contributed by atoms with Crippen molar-refractivity contribution in [3.05, 3.63) is 35.1 Å². The Morgan fingerprint density at radius 1 is 1.24 bits per heavy atom. The van der Waals surface area contributed by atoms with Crippen LogP contribution in [0.15, 0.2) is 18.2 Å². The zero-order chi connectivity index (χ0) is 15.1. The molecule has 0 bridgehead atoms. The molecule has 0 radical (unpaired) electrons. The third-order valence-electron chi connectivity index (χ3n) is 4.26. The molecule has 1 saturated carbocycles. The van der Waals surface area contributed by atoms with E-state index in [2.05, 4.69) is 23.8 Å². The fraction of sp³-hybridized carbons (Fsp3) is 0.556. The van der Waals surface area contributed by atoms with Gasteiger partial charge >= 0.3 is 0 Å². The van der Waals surface area contributed by atoms with E-state index >= 15 is 0 Å². The van der Waals surface area contributed by atoms with Gasteiger partial charge in [-0.3, -0.25) is 4.90 Å². The van der Waals surface area contributed by atoms with Gasteiger partial charge in [-0.05, 0) is 37.6 Å². The highest BCUT2D eigenvalue weighted by atomic mass is 19.1. The quantitative estimate of drug-likeness (QED) is 0.683. The second-order valence-electron chi connectivity index (χ2n) is 5.87. The Labute approximate surface area is 127 Å². The summed E-state index contributed by atoms with van der Waals surface area (Å²) in [6.45, 7) is 1.12. The average molecular weight is 288 g/mol. The van der Waals surface area contributed by atoms with Crippen LogP contribution in [0.25, 0.3) is 0 Å². The normalized spacial score (nSPS) is 16.4. The van der Waals surface area contributed by atoms with E-state index in [0.29, 0.717) is 12.6 Å². The molecule has 0 heterocycles. The molecule has 0 aromatic heterocycles. The lowest BCUT2D eigenvalue weighted by Crippen LogP contribution is -2.31. The Kier molecular flexibility index (Phi) is 6.22. The number of hydrogen-bond acceptors (Lipinski definition) is 2.